The molecule has 0 radical (unpaired) electrons. The van der Waals surface area contributed by atoms with Crippen LogP contribution in [-0.4, -0.2) is 20.8 Å². The van der Waals surface area contributed by atoms with Crippen molar-refractivity contribution in [2.75, 3.05) is 0 Å². The summed E-state index contributed by atoms with van der Waals surface area (Å²) in [5.41, 5.74) is 2.00. The molecule has 3 rings (SSSR count). The third-order valence-electron chi connectivity index (χ3n) is 3.23. The Morgan fingerprint density at radius 3 is 2.82 bits per heavy atom. The molecule has 0 fully saturated rings. The van der Waals surface area contributed by atoms with Crippen LogP contribution < -0.4 is 5.32 Å². The smallest absolute Gasteiger partial charge is 0.273 e. The molecule has 3 aromatic rings. The van der Waals surface area contributed by atoms with Gasteiger partial charge in [0.1, 0.15) is 0 Å². The van der Waals surface area contributed by atoms with Gasteiger partial charge in [-0.2, -0.15) is 5.10 Å². The zero-order valence-electron chi connectivity index (χ0n) is 11.8. The SMILES string of the molecule is Cn1ncc(Br)c1CNC(=O)c1cc(-c2ccccc2)on1. The van der Waals surface area contributed by atoms with E-state index in [-0.39, 0.29) is 11.6 Å². The molecule has 0 saturated carbocycles. The quantitative estimate of drug-likeness (QED) is 0.776. The van der Waals surface area contributed by atoms with Crippen molar-refractivity contribution in [2.45, 2.75) is 6.54 Å². The number of aryl methyl sites for hydroxylation is 1. The van der Waals surface area contributed by atoms with Crippen molar-refractivity contribution in [2.24, 2.45) is 7.05 Å². The van der Waals surface area contributed by atoms with Crippen molar-refractivity contribution < 1.29 is 9.32 Å². The van der Waals surface area contributed by atoms with Gasteiger partial charge in [-0.15, -0.1) is 0 Å². The number of carbonyl (C=O) groups excluding carboxylic acids is 1. The molecule has 0 spiro atoms. The number of nitrogens with zero attached hydrogens (tertiary/aromatic N) is 3. The van der Waals surface area contributed by atoms with Gasteiger partial charge in [0.15, 0.2) is 11.5 Å². The summed E-state index contributed by atoms with van der Waals surface area (Å²) in [6.07, 6.45) is 1.69. The fraction of sp³-hybridized carbons (Fsp3) is 0.133. The Kier molecular flexibility index (Phi) is 4.06. The molecule has 7 heteroatoms. The van der Waals surface area contributed by atoms with Gasteiger partial charge in [-0.3, -0.25) is 9.48 Å². The molecule has 1 aromatic carbocycles. The van der Waals surface area contributed by atoms with Crippen LogP contribution in [0.15, 0.2) is 51.6 Å². The lowest BCUT2D eigenvalue weighted by Gasteiger charge is -2.04. The Morgan fingerprint density at radius 1 is 1.36 bits per heavy atom. The van der Waals surface area contributed by atoms with Gasteiger partial charge in [-0.05, 0) is 15.9 Å². The first-order valence-electron chi connectivity index (χ1n) is 6.62. The second-order valence-corrected chi connectivity index (χ2v) is 5.54. The van der Waals surface area contributed by atoms with Gasteiger partial charge in [0, 0.05) is 18.7 Å². The van der Waals surface area contributed by atoms with Crippen molar-refractivity contribution in [3.05, 3.63) is 58.5 Å². The first-order valence-corrected chi connectivity index (χ1v) is 7.41. The number of hydrogen-bond donors (Lipinski definition) is 1. The van der Waals surface area contributed by atoms with Crippen molar-refractivity contribution in [1.82, 2.24) is 20.3 Å². The van der Waals surface area contributed by atoms with E-state index in [0.717, 1.165) is 15.7 Å². The third-order valence-corrected chi connectivity index (χ3v) is 3.89. The highest BCUT2D eigenvalue weighted by molar-refractivity contribution is 9.10. The predicted octanol–water partition coefficient (Wildman–Crippen LogP) is 2.77. The minimum absolute atomic E-state index is 0.247. The third kappa shape index (κ3) is 2.94. The van der Waals surface area contributed by atoms with Crippen LogP contribution >= 0.6 is 15.9 Å². The average Bonchev–Trinajstić information content (AvgIpc) is 3.14. The molecule has 0 aliphatic rings. The molecular formula is C15H13BrN4O2. The van der Waals surface area contributed by atoms with Gasteiger partial charge >= 0.3 is 0 Å². The highest BCUT2D eigenvalue weighted by Crippen LogP contribution is 2.20. The van der Waals surface area contributed by atoms with Crippen LogP contribution in [0.4, 0.5) is 0 Å². The lowest BCUT2D eigenvalue weighted by atomic mass is 10.1. The number of halogens is 1. The Balaban J connectivity index is 1.70. The summed E-state index contributed by atoms with van der Waals surface area (Å²) in [7, 11) is 1.82. The van der Waals surface area contributed by atoms with E-state index >= 15 is 0 Å². The van der Waals surface area contributed by atoms with E-state index in [4.69, 9.17) is 4.52 Å². The summed E-state index contributed by atoms with van der Waals surface area (Å²) < 4.78 is 7.76. The van der Waals surface area contributed by atoms with Crippen LogP contribution in [0.1, 0.15) is 16.2 Å². The van der Waals surface area contributed by atoms with E-state index in [1.54, 1.807) is 16.9 Å². The molecule has 0 aliphatic carbocycles. The zero-order valence-corrected chi connectivity index (χ0v) is 13.4. The van der Waals surface area contributed by atoms with Gasteiger partial charge in [-0.25, -0.2) is 0 Å². The lowest BCUT2D eigenvalue weighted by molar-refractivity contribution is 0.0941. The number of carbonyl (C=O) groups is 1. The largest absolute Gasteiger partial charge is 0.355 e. The highest BCUT2D eigenvalue weighted by Gasteiger charge is 2.14. The zero-order chi connectivity index (χ0) is 15.5. The van der Waals surface area contributed by atoms with E-state index in [1.165, 1.54) is 0 Å². The molecule has 6 nitrogen and oxygen atoms in total. The van der Waals surface area contributed by atoms with Gasteiger partial charge in [0.05, 0.1) is 22.9 Å². The Labute approximate surface area is 135 Å². The molecule has 0 bridgehead atoms. The van der Waals surface area contributed by atoms with Crippen LogP contribution in [-0.2, 0) is 13.6 Å². The number of hydrogen-bond acceptors (Lipinski definition) is 4. The lowest BCUT2D eigenvalue weighted by Crippen LogP contribution is -2.24. The molecule has 0 aliphatic heterocycles. The van der Waals surface area contributed by atoms with Crippen molar-refractivity contribution in [1.29, 1.82) is 0 Å². The van der Waals surface area contributed by atoms with Crippen LogP contribution in [0, 0.1) is 0 Å². The highest BCUT2D eigenvalue weighted by atomic mass is 79.9. The van der Waals surface area contributed by atoms with E-state index in [2.05, 4.69) is 31.5 Å². The van der Waals surface area contributed by atoms with E-state index in [0.29, 0.717) is 12.3 Å². The maximum absolute atomic E-state index is 12.1. The molecule has 0 atom stereocenters. The average molecular weight is 361 g/mol. The first-order chi connectivity index (χ1) is 10.6. The number of nitrogens with one attached hydrogen (secondary N) is 1. The van der Waals surface area contributed by atoms with Gasteiger partial charge in [-0.1, -0.05) is 35.5 Å². The standard InChI is InChI=1S/C15H13BrN4O2/c1-20-13(11(16)8-18-20)9-17-15(21)12-7-14(22-19-12)10-5-3-2-4-6-10/h2-8H,9H2,1H3,(H,17,21). The Morgan fingerprint density at radius 2 is 2.14 bits per heavy atom. The van der Waals surface area contributed by atoms with E-state index in [9.17, 15) is 4.79 Å². The summed E-state index contributed by atoms with van der Waals surface area (Å²) in [6.45, 7) is 0.351. The van der Waals surface area contributed by atoms with Crippen molar-refractivity contribution in [3.8, 4) is 11.3 Å². The first kappa shape index (κ1) is 14.5. The van der Waals surface area contributed by atoms with Gasteiger partial charge in [0.2, 0.25) is 0 Å². The summed E-state index contributed by atoms with van der Waals surface area (Å²) in [6, 6.07) is 11.1. The normalized spacial score (nSPS) is 10.6. The van der Waals surface area contributed by atoms with Crippen LogP contribution in [0.3, 0.4) is 0 Å². The molecule has 2 aromatic heterocycles. The van der Waals surface area contributed by atoms with E-state index in [1.807, 2.05) is 37.4 Å². The maximum atomic E-state index is 12.1. The summed E-state index contributed by atoms with van der Waals surface area (Å²) in [5.74, 6) is 0.270. The molecule has 1 amide bonds. The predicted molar refractivity (Wildman–Crippen MR) is 84.0 cm³/mol. The summed E-state index contributed by atoms with van der Waals surface area (Å²) >= 11 is 3.39. The Bertz CT molecular complexity index is 775. The van der Waals surface area contributed by atoms with Crippen LogP contribution in [0.25, 0.3) is 11.3 Å². The van der Waals surface area contributed by atoms with Crippen molar-refractivity contribution in [3.63, 3.8) is 0 Å². The number of aromatic nitrogens is 3. The molecular weight excluding hydrogens is 348 g/mol. The van der Waals surface area contributed by atoms with E-state index < -0.39 is 0 Å². The van der Waals surface area contributed by atoms with Gasteiger partial charge in [0.25, 0.3) is 5.91 Å². The second kappa shape index (κ2) is 6.15. The summed E-state index contributed by atoms with van der Waals surface area (Å²) in [4.78, 5) is 12.1. The number of benzene rings is 1. The fourth-order valence-corrected chi connectivity index (χ4v) is 2.50. The minimum Gasteiger partial charge on any atom is -0.355 e. The van der Waals surface area contributed by atoms with Crippen LogP contribution in [0.5, 0.6) is 0 Å². The van der Waals surface area contributed by atoms with Crippen LogP contribution in [0.2, 0.25) is 0 Å². The molecule has 0 saturated heterocycles. The molecule has 2 heterocycles. The molecule has 0 unspecified atom stereocenters. The molecule has 112 valence electrons. The fourth-order valence-electron chi connectivity index (χ4n) is 2.01. The Hall–Kier alpha value is -2.41. The monoisotopic (exact) mass is 360 g/mol. The second-order valence-electron chi connectivity index (χ2n) is 4.69. The number of rotatable bonds is 4. The maximum Gasteiger partial charge on any atom is 0.273 e. The van der Waals surface area contributed by atoms with Gasteiger partial charge < -0.3 is 9.84 Å². The minimum atomic E-state index is -0.293. The topological polar surface area (TPSA) is 73.0 Å². The number of amides is 1. The summed E-state index contributed by atoms with van der Waals surface area (Å²) in [5, 5.41) is 10.7. The molecule has 1 N–H and O–H groups in total. The van der Waals surface area contributed by atoms with Crippen molar-refractivity contribution >= 4 is 21.8 Å². The molecule has 22 heavy (non-hydrogen) atoms.